The second-order valence-electron chi connectivity index (χ2n) is 4.88. The molecule has 0 radical (unpaired) electrons. The molecule has 2 saturated heterocycles. The number of aliphatic hydroxyl groups is 1. The minimum atomic E-state index is 0.277. The van der Waals surface area contributed by atoms with Gasteiger partial charge in [-0.2, -0.15) is 0 Å². The van der Waals surface area contributed by atoms with Crippen LogP contribution in [0.2, 0.25) is 0 Å². The van der Waals surface area contributed by atoms with E-state index >= 15 is 0 Å². The highest BCUT2D eigenvalue weighted by molar-refractivity contribution is 4.77. The molecule has 5 heteroatoms. The van der Waals surface area contributed by atoms with Crippen molar-refractivity contribution in [2.45, 2.75) is 13.1 Å². The molecule has 0 saturated carbocycles. The van der Waals surface area contributed by atoms with E-state index in [2.05, 4.69) is 21.6 Å². The van der Waals surface area contributed by atoms with Gasteiger partial charge in [-0.3, -0.25) is 14.7 Å². The van der Waals surface area contributed by atoms with Gasteiger partial charge in [0.15, 0.2) is 0 Å². The molecule has 2 aliphatic heterocycles. The van der Waals surface area contributed by atoms with Gasteiger partial charge in [-0.1, -0.05) is 0 Å². The van der Waals surface area contributed by atoms with Gasteiger partial charge in [-0.05, 0) is 6.92 Å². The van der Waals surface area contributed by atoms with E-state index in [9.17, 15) is 0 Å². The average Bonchev–Trinajstić information content (AvgIpc) is 2.40. The number of aliphatic hydroxyl groups excluding tert-OH is 1. The molecule has 2 aliphatic rings. The summed E-state index contributed by atoms with van der Waals surface area (Å²) >= 11 is 0. The van der Waals surface area contributed by atoms with Gasteiger partial charge in [0, 0.05) is 45.8 Å². The lowest BCUT2D eigenvalue weighted by molar-refractivity contribution is -0.0401. The standard InChI is InChI=1S/C12H25N3O2/c1-12(15-7-10-17-11-8-15)14-4-2-13(3-5-14)6-9-16/h12,16H,2-11H2,1H3. The molecule has 1 N–H and O–H groups in total. The molecular formula is C12H25N3O2. The van der Waals surface area contributed by atoms with Gasteiger partial charge < -0.3 is 9.84 Å². The Bertz CT molecular complexity index is 214. The van der Waals surface area contributed by atoms with E-state index in [0.29, 0.717) is 6.17 Å². The highest BCUT2D eigenvalue weighted by atomic mass is 16.5. The van der Waals surface area contributed by atoms with Crippen LogP contribution < -0.4 is 0 Å². The second kappa shape index (κ2) is 6.66. The molecule has 0 bridgehead atoms. The zero-order chi connectivity index (χ0) is 12.1. The van der Waals surface area contributed by atoms with Crippen molar-refractivity contribution in [3.8, 4) is 0 Å². The van der Waals surface area contributed by atoms with E-state index in [1.807, 2.05) is 0 Å². The Morgan fingerprint density at radius 1 is 1.00 bits per heavy atom. The van der Waals surface area contributed by atoms with Gasteiger partial charge in [0.1, 0.15) is 0 Å². The first-order valence-corrected chi connectivity index (χ1v) is 6.70. The largest absolute Gasteiger partial charge is 0.395 e. The first kappa shape index (κ1) is 13.2. The average molecular weight is 243 g/mol. The summed E-state index contributed by atoms with van der Waals surface area (Å²) in [4.78, 5) is 7.38. The van der Waals surface area contributed by atoms with Gasteiger partial charge in [-0.15, -0.1) is 0 Å². The quantitative estimate of drug-likeness (QED) is 0.705. The van der Waals surface area contributed by atoms with Crippen LogP contribution in [-0.2, 0) is 4.74 Å². The van der Waals surface area contributed by atoms with Crippen molar-refractivity contribution in [2.75, 3.05) is 65.6 Å². The van der Waals surface area contributed by atoms with Crippen LogP contribution in [0.5, 0.6) is 0 Å². The smallest absolute Gasteiger partial charge is 0.0595 e. The lowest BCUT2D eigenvalue weighted by Crippen LogP contribution is -2.56. The number of morpholine rings is 1. The summed E-state index contributed by atoms with van der Waals surface area (Å²) in [5.74, 6) is 0. The third kappa shape index (κ3) is 3.63. The third-order valence-electron chi connectivity index (χ3n) is 3.93. The van der Waals surface area contributed by atoms with Crippen LogP contribution >= 0.6 is 0 Å². The zero-order valence-corrected chi connectivity index (χ0v) is 10.8. The van der Waals surface area contributed by atoms with E-state index in [-0.39, 0.29) is 6.61 Å². The molecule has 2 heterocycles. The predicted molar refractivity (Wildman–Crippen MR) is 67.0 cm³/mol. The van der Waals surface area contributed by atoms with Crippen molar-refractivity contribution in [1.82, 2.24) is 14.7 Å². The van der Waals surface area contributed by atoms with Gasteiger partial charge >= 0.3 is 0 Å². The van der Waals surface area contributed by atoms with Crippen LogP contribution in [-0.4, -0.2) is 91.6 Å². The highest BCUT2D eigenvalue weighted by Gasteiger charge is 2.25. The molecule has 1 unspecified atom stereocenters. The number of β-amino-alcohol motifs (C(OH)–C–C–N with tert-alkyl or cyclic N) is 1. The molecular weight excluding hydrogens is 218 g/mol. The molecule has 0 aliphatic carbocycles. The highest BCUT2D eigenvalue weighted by Crippen LogP contribution is 2.11. The van der Waals surface area contributed by atoms with Crippen molar-refractivity contribution < 1.29 is 9.84 Å². The van der Waals surface area contributed by atoms with Crippen molar-refractivity contribution in [3.63, 3.8) is 0 Å². The third-order valence-corrected chi connectivity index (χ3v) is 3.93. The maximum atomic E-state index is 8.92. The fraction of sp³-hybridized carbons (Fsp3) is 1.00. The summed E-state index contributed by atoms with van der Waals surface area (Å²) in [6, 6.07) is 0. The Morgan fingerprint density at radius 2 is 1.59 bits per heavy atom. The maximum Gasteiger partial charge on any atom is 0.0595 e. The fourth-order valence-electron chi connectivity index (χ4n) is 2.68. The monoisotopic (exact) mass is 243 g/mol. The lowest BCUT2D eigenvalue weighted by Gasteiger charge is -2.43. The summed E-state index contributed by atoms with van der Waals surface area (Å²) in [6.45, 7) is 11.6. The van der Waals surface area contributed by atoms with E-state index in [1.165, 1.54) is 0 Å². The van der Waals surface area contributed by atoms with Crippen molar-refractivity contribution in [2.24, 2.45) is 0 Å². The minimum absolute atomic E-state index is 0.277. The lowest BCUT2D eigenvalue weighted by atomic mass is 10.2. The second-order valence-corrected chi connectivity index (χ2v) is 4.88. The topological polar surface area (TPSA) is 39.2 Å². The Kier molecular flexibility index (Phi) is 5.18. The van der Waals surface area contributed by atoms with Crippen molar-refractivity contribution >= 4 is 0 Å². The molecule has 0 aromatic heterocycles. The molecule has 100 valence electrons. The maximum absolute atomic E-state index is 8.92. The van der Waals surface area contributed by atoms with Crippen LogP contribution in [0.4, 0.5) is 0 Å². The molecule has 2 fully saturated rings. The number of hydrogen-bond acceptors (Lipinski definition) is 5. The summed E-state index contributed by atoms with van der Waals surface area (Å²) in [6.07, 6.45) is 0.523. The number of piperazine rings is 1. The number of rotatable bonds is 4. The van der Waals surface area contributed by atoms with Crippen LogP contribution in [0.15, 0.2) is 0 Å². The van der Waals surface area contributed by atoms with Crippen molar-refractivity contribution in [3.05, 3.63) is 0 Å². The zero-order valence-electron chi connectivity index (χ0n) is 10.8. The Hall–Kier alpha value is -0.200. The normalized spacial score (nSPS) is 27.2. The van der Waals surface area contributed by atoms with E-state index in [0.717, 1.165) is 59.0 Å². The predicted octanol–water partition coefficient (Wildman–Crippen LogP) is -0.725. The Labute approximate surface area is 104 Å². The minimum Gasteiger partial charge on any atom is -0.395 e. The Balaban J connectivity index is 1.75. The summed E-state index contributed by atoms with van der Waals surface area (Å²) < 4.78 is 5.39. The van der Waals surface area contributed by atoms with E-state index in [4.69, 9.17) is 9.84 Å². The van der Waals surface area contributed by atoms with Gasteiger partial charge in [0.05, 0.1) is 26.0 Å². The molecule has 1 atom stereocenters. The van der Waals surface area contributed by atoms with Crippen LogP contribution in [0, 0.1) is 0 Å². The van der Waals surface area contributed by atoms with Gasteiger partial charge in [0.25, 0.3) is 0 Å². The molecule has 2 rings (SSSR count). The fourth-order valence-corrected chi connectivity index (χ4v) is 2.68. The first-order valence-electron chi connectivity index (χ1n) is 6.70. The first-order chi connectivity index (χ1) is 8.31. The SMILES string of the molecule is CC(N1CCOCC1)N1CCN(CCO)CC1. The molecule has 17 heavy (non-hydrogen) atoms. The summed E-state index contributed by atoms with van der Waals surface area (Å²) in [5.41, 5.74) is 0. The van der Waals surface area contributed by atoms with Crippen LogP contribution in [0.25, 0.3) is 0 Å². The molecule has 0 aromatic carbocycles. The van der Waals surface area contributed by atoms with Gasteiger partial charge in [-0.25, -0.2) is 0 Å². The van der Waals surface area contributed by atoms with Crippen LogP contribution in [0.3, 0.4) is 0 Å². The van der Waals surface area contributed by atoms with Crippen molar-refractivity contribution in [1.29, 1.82) is 0 Å². The van der Waals surface area contributed by atoms with E-state index < -0.39 is 0 Å². The Morgan fingerprint density at radius 3 is 2.18 bits per heavy atom. The van der Waals surface area contributed by atoms with Gasteiger partial charge in [0.2, 0.25) is 0 Å². The number of ether oxygens (including phenoxy) is 1. The molecule has 0 amide bonds. The van der Waals surface area contributed by atoms with E-state index in [1.54, 1.807) is 0 Å². The summed E-state index contributed by atoms with van der Waals surface area (Å²) in [5, 5.41) is 8.92. The molecule has 0 aromatic rings. The summed E-state index contributed by atoms with van der Waals surface area (Å²) in [7, 11) is 0. The van der Waals surface area contributed by atoms with Crippen LogP contribution in [0.1, 0.15) is 6.92 Å². The molecule has 5 nitrogen and oxygen atoms in total. The molecule has 0 spiro atoms. The number of hydrogen-bond donors (Lipinski definition) is 1. The number of nitrogens with zero attached hydrogens (tertiary/aromatic N) is 3.